The van der Waals surface area contributed by atoms with Crippen molar-refractivity contribution in [3.63, 3.8) is 0 Å². The lowest BCUT2D eigenvalue weighted by Gasteiger charge is -2.23. The highest BCUT2D eigenvalue weighted by atomic mass is 16.3. The van der Waals surface area contributed by atoms with Crippen molar-refractivity contribution in [2.75, 3.05) is 19.8 Å². The minimum absolute atomic E-state index is 0.0457. The van der Waals surface area contributed by atoms with Crippen molar-refractivity contribution in [2.24, 2.45) is 11.1 Å². The second kappa shape index (κ2) is 3.82. The zero-order chi connectivity index (χ0) is 7.33. The molecule has 3 nitrogen and oxygen atoms in total. The number of nitrogens with two attached hydrogens (primary N) is 1. The molecule has 0 aromatic carbocycles. The van der Waals surface area contributed by atoms with Gasteiger partial charge in [0.05, 0.1) is 0 Å². The highest BCUT2D eigenvalue weighted by molar-refractivity contribution is 4.72. The second-order valence-corrected chi connectivity index (χ2v) is 2.65. The molecule has 0 bridgehead atoms. The third kappa shape index (κ3) is 2.79. The van der Waals surface area contributed by atoms with Gasteiger partial charge in [0.15, 0.2) is 0 Å². The summed E-state index contributed by atoms with van der Waals surface area (Å²) in [5.41, 5.74) is 5.05. The predicted octanol–water partition coefficient (Wildman–Crippen LogP) is -0.674. The van der Waals surface area contributed by atoms with Crippen LogP contribution in [0.4, 0.5) is 0 Å². The van der Waals surface area contributed by atoms with Crippen molar-refractivity contribution < 1.29 is 10.2 Å². The van der Waals surface area contributed by atoms with E-state index < -0.39 is 0 Å². The fourth-order valence-corrected chi connectivity index (χ4v) is 0.516. The van der Waals surface area contributed by atoms with Crippen molar-refractivity contribution >= 4 is 0 Å². The van der Waals surface area contributed by atoms with E-state index >= 15 is 0 Å². The Labute approximate surface area is 55.5 Å². The summed E-state index contributed by atoms with van der Waals surface area (Å²) in [7, 11) is 0. The Morgan fingerprint density at radius 3 is 2.11 bits per heavy atom. The summed E-state index contributed by atoms with van der Waals surface area (Å²) in [6.07, 6.45) is 0.569. The Morgan fingerprint density at radius 2 is 2.00 bits per heavy atom. The molecule has 4 N–H and O–H groups in total. The first-order valence-corrected chi connectivity index (χ1v) is 3.10. The van der Waals surface area contributed by atoms with Crippen molar-refractivity contribution in [3.05, 3.63) is 0 Å². The summed E-state index contributed by atoms with van der Waals surface area (Å²) < 4.78 is 0. The van der Waals surface area contributed by atoms with Crippen molar-refractivity contribution in [2.45, 2.75) is 13.3 Å². The van der Waals surface area contributed by atoms with E-state index in [0.717, 1.165) is 0 Å². The van der Waals surface area contributed by atoms with Crippen molar-refractivity contribution in [1.29, 1.82) is 0 Å². The van der Waals surface area contributed by atoms with Crippen LogP contribution in [0.3, 0.4) is 0 Å². The largest absolute Gasteiger partial charge is 0.396 e. The zero-order valence-electron chi connectivity index (χ0n) is 5.80. The maximum atomic E-state index is 8.73. The minimum atomic E-state index is -0.283. The van der Waals surface area contributed by atoms with Gasteiger partial charge in [-0.05, 0) is 13.0 Å². The molecule has 0 aliphatic rings. The molecule has 0 spiro atoms. The highest BCUT2D eigenvalue weighted by Crippen LogP contribution is 2.16. The van der Waals surface area contributed by atoms with Crippen LogP contribution in [0.25, 0.3) is 0 Å². The summed E-state index contributed by atoms with van der Waals surface area (Å²) in [6, 6.07) is 0. The Bertz CT molecular complexity index is 71.5. The summed E-state index contributed by atoms with van der Waals surface area (Å²) in [5, 5.41) is 17.2. The van der Waals surface area contributed by atoms with Crippen LogP contribution in [0.15, 0.2) is 0 Å². The number of aliphatic hydroxyl groups is 2. The Morgan fingerprint density at radius 1 is 1.44 bits per heavy atom. The second-order valence-electron chi connectivity index (χ2n) is 2.65. The van der Waals surface area contributed by atoms with Gasteiger partial charge in [-0.1, -0.05) is 6.92 Å². The zero-order valence-corrected chi connectivity index (χ0v) is 5.80. The first kappa shape index (κ1) is 8.88. The summed E-state index contributed by atoms with van der Waals surface area (Å²) in [4.78, 5) is 0. The van der Waals surface area contributed by atoms with Gasteiger partial charge in [0, 0.05) is 18.6 Å². The maximum Gasteiger partial charge on any atom is 0.0497 e. The molecule has 0 aliphatic heterocycles. The third-order valence-electron chi connectivity index (χ3n) is 1.59. The lowest BCUT2D eigenvalue weighted by molar-refractivity contribution is 0.113. The van der Waals surface area contributed by atoms with Crippen LogP contribution in [-0.4, -0.2) is 30.0 Å². The molecule has 0 saturated carbocycles. The maximum absolute atomic E-state index is 8.73. The SMILES string of the molecule is CC(CN)(CO)CCO. The average Bonchev–Trinajstić information content (AvgIpc) is 1.89. The van der Waals surface area contributed by atoms with Crippen molar-refractivity contribution in [1.82, 2.24) is 0 Å². The van der Waals surface area contributed by atoms with Gasteiger partial charge in [-0.2, -0.15) is 0 Å². The standard InChI is InChI=1S/C6H15NO2/c1-6(4-7,5-9)2-3-8/h8-9H,2-5,7H2,1H3. The minimum Gasteiger partial charge on any atom is -0.396 e. The van der Waals surface area contributed by atoms with Crippen LogP contribution in [0.5, 0.6) is 0 Å². The van der Waals surface area contributed by atoms with E-state index in [2.05, 4.69) is 0 Å². The molecule has 0 aromatic rings. The van der Waals surface area contributed by atoms with Gasteiger partial charge in [-0.15, -0.1) is 0 Å². The predicted molar refractivity (Wildman–Crippen MR) is 35.9 cm³/mol. The molecule has 0 amide bonds. The van der Waals surface area contributed by atoms with Crippen LogP contribution in [0, 0.1) is 5.41 Å². The summed E-state index contributed by atoms with van der Waals surface area (Å²) in [6.45, 7) is 2.41. The Hall–Kier alpha value is -0.120. The van der Waals surface area contributed by atoms with Crippen LogP contribution in [0.2, 0.25) is 0 Å². The van der Waals surface area contributed by atoms with E-state index in [1.807, 2.05) is 6.92 Å². The van der Waals surface area contributed by atoms with E-state index in [4.69, 9.17) is 15.9 Å². The molecule has 3 heteroatoms. The van der Waals surface area contributed by atoms with E-state index in [1.54, 1.807) is 0 Å². The van der Waals surface area contributed by atoms with Gasteiger partial charge in [0.25, 0.3) is 0 Å². The number of hydrogen-bond acceptors (Lipinski definition) is 3. The average molecular weight is 133 g/mol. The molecule has 0 saturated heterocycles. The topological polar surface area (TPSA) is 66.5 Å². The normalized spacial score (nSPS) is 17.3. The molecule has 0 aromatic heterocycles. The molecule has 0 radical (unpaired) electrons. The number of rotatable bonds is 4. The monoisotopic (exact) mass is 133 g/mol. The van der Waals surface area contributed by atoms with E-state index in [0.29, 0.717) is 13.0 Å². The van der Waals surface area contributed by atoms with E-state index in [-0.39, 0.29) is 18.6 Å². The quantitative estimate of drug-likeness (QED) is 0.476. The Balaban J connectivity index is 3.62. The fraction of sp³-hybridized carbons (Fsp3) is 1.00. The highest BCUT2D eigenvalue weighted by Gasteiger charge is 2.19. The lowest BCUT2D eigenvalue weighted by Crippen LogP contribution is -2.31. The van der Waals surface area contributed by atoms with Gasteiger partial charge in [0.1, 0.15) is 0 Å². The molecular formula is C6H15NO2. The number of hydrogen-bond donors (Lipinski definition) is 3. The molecule has 0 aliphatic carbocycles. The van der Waals surface area contributed by atoms with Gasteiger partial charge >= 0.3 is 0 Å². The van der Waals surface area contributed by atoms with Crippen molar-refractivity contribution in [3.8, 4) is 0 Å². The fourth-order valence-electron chi connectivity index (χ4n) is 0.516. The summed E-state index contributed by atoms with van der Waals surface area (Å²) >= 11 is 0. The smallest absolute Gasteiger partial charge is 0.0497 e. The molecule has 0 fully saturated rings. The first-order chi connectivity index (χ1) is 4.18. The molecule has 0 rings (SSSR count). The van der Waals surface area contributed by atoms with Gasteiger partial charge in [0.2, 0.25) is 0 Å². The van der Waals surface area contributed by atoms with E-state index in [9.17, 15) is 0 Å². The van der Waals surface area contributed by atoms with Gasteiger partial charge < -0.3 is 15.9 Å². The lowest BCUT2D eigenvalue weighted by atomic mass is 9.88. The van der Waals surface area contributed by atoms with Crippen LogP contribution < -0.4 is 5.73 Å². The van der Waals surface area contributed by atoms with Crippen LogP contribution in [0.1, 0.15) is 13.3 Å². The molecule has 1 unspecified atom stereocenters. The molecular weight excluding hydrogens is 118 g/mol. The van der Waals surface area contributed by atoms with Gasteiger partial charge in [-0.25, -0.2) is 0 Å². The van der Waals surface area contributed by atoms with Crippen LogP contribution in [-0.2, 0) is 0 Å². The molecule has 9 heavy (non-hydrogen) atoms. The molecule has 56 valence electrons. The van der Waals surface area contributed by atoms with E-state index in [1.165, 1.54) is 0 Å². The Kier molecular flexibility index (Phi) is 3.77. The molecule has 1 atom stereocenters. The molecule has 0 heterocycles. The summed E-state index contributed by atoms with van der Waals surface area (Å²) in [5.74, 6) is 0. The number of aliphatic hydroxyl groups excluding tert-OH is 2. The van der Waals surface area contributed by atoms with Gasteiger partial charge in [-0.3, -0.25) is 0 Å². The van der Waals surface area contributed by atoms with Crippen LogP contribution >= 0.6 is 0 Å². The first-order valence-electron chi connectivity index (χ1n) is 3.10. The third-order valence-corrected chi connectivity index (χ3v) is 1.59.